The molecule has 0 spiro atoms. The summed E-state index contributed by atoms with van der Waals surface area (Å²) in [7, 11) is 0. The molecule has 0 radical (unpaired) electrons. The van der Waals surface area contributed by atoms with E-state index in [-0.39, 0.29) is 17.7 Å². The van der Waals surface area contributed by atoms with Crippen LogP contribution in [-0.2, 0) is 4.79 Å². The molecule has 1 heterocycles. The Morgan fingerprint density at radius 1 is 1.20 bits per heavy atom. The van der Waals surface area contributed by atoms with Gasteiger partial charge in [0, 0.05) is 17.5 Å². The van der Waals surface area contributed by atoms with Crippen LogP contribution in [0.2, 0.25) is 0 Å². The van der Waals surface area contributed by atoms with Crippen LogP contribution in [0.4, 0.5) is 4.39 Å². The summed E-state index contributed by atoms with van der Waals surface area (Å²) in [5.74, 6) is -0.289. The number of rotatable bonds is 4. The molecule has 1 aliphatic rings. The Morgan fingerprint density at radius 3 is 2.88 bits per heavy atom. The highest BCUT2D eigenvalue weighted by atomic mass is 19.1. The largest absolute Gasteiger partial charge is 0.273 e. The quantitative estimate of drug-likeness (QED) is 0.585. The third-order valence-corrected chi connectivity index (χ3v) is 4.42. The van der Waals surface area contributed by atoms with Crippen molar-refractivity contribution in [2.75, 3.05) is 0 Å². The van der Waals surface area contributed by atoms with Gasteiger partial charge in [0.15, 0.2) is 0 Å². The van der Waals surface area contributed by atoms with Gasteiger partial charge < -0.3 is 0 Å². The van der Waals surface area contributed by atoms with Crippen molar-refractivity contribution in [2.45, 2.75) is 12.3 Å². The summed E-state index contributed by atoms with van der Waals surface area (Å²) < 4.78 is 14.0. The van der Waals surface area contributed by atoms with Crippen molar-refractivity contribution < 1.29 is 9.18 Å². The summed E-state index contributed by atoms with van der Waals surface area (Å²) >= 11 is 0. The van der Waals surface area contributed by atoms with Gasteiger partial charge >= 0.3 is 0 Å². The second kappa shape index (κ2) is 6.43. The normalized spacial score (nSPS) is 19.2. The first-order valence-electron chi connectivity index (χ1n) is 8.14. The molecule has 25 heavy (non-hydrogen) atoms. The maximum Gasteiger partial charge on any atom is 0.243 e. The summed E-state index contributed by atoms with van der Waals surface area (Å²) in [6, 6.07) is 16.7. The summed E-state index contributed by atoms with van der Waals surface area (Å²) in [6.45, 7) is 0. The van der Waals surface area contributed by atoms with Crippen LogP contribution in [0.25, 0.3) is 10.9 Å². The van der Waals surface area contributed by atoms with Gasteiger partial charge in [-0.15, -0.1) is 0 Å². The first-order chi connectivity index (χ1) is 12.2. The number of hydrazone groups is 1. The van der Waals surface area contributed by atoms with Crippen LogP contribution in [0.15, 0.2) is 65.9 Å². The average molecular weight is 333 g/mol. The Hall–Kier alpha value is -3.08. The van der Waals surface area contributed by atoms with Crippen LogP contribution < -0.4 is 5.43 Å². The molecule has 1 aliphatic carbocycles. The molecule has 4 rings (SSSR count). The van der Waals surface area contributed by atoms with Crippen molar-refractivity contribution in [3.05, 3.63) is 77.7 Å². The number of hydrogen-bond donors (Lipinski definition) is 1. The summed E-state index contributed by atoms with van der Waals surface area (Å²) in [5, 5.41) is 4.66. The number of halogens is 1. The van der Waals surface area contributed by atoms with Crippen LogP contribution >= 0.6 is 0 Å². The van der Waals surface area contributed by atoms with E-state index in [1.54, 1.807) is 24.4 Å². The van der Waals surface area contributed by atoms with E-state index in [2.05, 4.69) is 15.5 Å². The third kappa shape index (κ3) is 3.26. The van der Waals surface area contributed by atoms with Gasteiger partial charge in [-0.3, -0.25) is 9.78 Å². The molecule has 5 heteroatoms. The summed E-state index contributed by atoms with van der Waals surface area (Å²) in [5.41, 5.74) is 4.63. The van der Waals surface area contributed by atoms with E-state index in [4.69, 9.17) is 0 Å². The van der Waals surface area contributed by atoms with Crippen LogP contribution in [0.3, 0.4) is 0 Å². The molecule has 3 aromatic rings. The first-order valence-corrected chi connectivity index (χ1v) is 8.14. The van der Waals surface area contributed by atoms with E-state index in [0.29, 0.717) is 16.5 Å². The van der Waals surface area contributed by atoms with Crippen molar-refractivity contribution in [1.82, 2.24) is 10.4 Å². The molecule has 2 unspecified atom stereocenters. The van der Waals surface area contributed by atoms with E-state index in [1.807, 2.05) is 30.3 Å². The zero-order chi connectivity index (χ0) is 17.2. The Labute approximate surface area is 144 Å². The molecule has 2 aromatic carbocycles. The Kier molecular flexibility index (Phi) is 3.98. The van der Waals surface area contributed by atoms with Crippen LogP contribution in [-0.4, -0.2) is 17.1 Å². The minimum atomic E-state index is -0.405. The molecule has 2 atom stereocenters. The maximum absolute atomic E-state index is 14.0. The lowest BCUT2D eigenvalue weighted by Crippen LogP contribution is -2.20. The highest BCUT2D eigenvalue weighted by Crippen LogP contribution is 2.47. The average Bonchev–Trinajstić information content (AvgIpc) is 3.43. The van der Waals surface area contributed by atoms with E-state index in [1.165, 1.54) is 17.8 Å². The molecular weight excluding hydrogens is 317 g/mol. The molecule has 1 saturated carbocycles. The number of aromatic nitrogens is 1. The lowest BCUT2D eigenvalue weighted by molar-refractivity contribution is -0.122. The number of benzene rings is 2. The molecule has 0 bridgehead atoms. The first kappa shape index (κ1) is 15.4. The summed E-state index contributed by atoms with van der Waals surface area (Å²) in [6.07, 6.45) is 3.84. The number of carbonyl (C=O) groups is 1. The molecule has 1 aromatic heterocycles. The van der Waals surface area contributed by atoms with Crippen molar-refractivity contribution in [3.8, 4) is 0 Å². The number of amides is 1. The fourth-order valence-corrected chi connectivity index (χ4v) is 3.05. The van der Waals surface area contributed by atoms with Gasteiger partial charge in [0.2, 0.25) is 5.91 Å². The number of nitrogens with zero attached hydrogens (tertiary/aromatic N) is 2. The lowest BCUT2D eigenvalue weighted by Gasteiger charge is -2.02. The highest BCUT2D eigenvalue weighted by Gasteiger charge is 2.43. The molecular formula is C20H16FN3O. The zero-order valence-electron chi connectivity index (χ0n) is 13.4. The third-order valence-electron chi connectivity index (χ3n) is 4.42. The summed E-state index contributed by atoms with van der Waals surface area (Å²) in [4.78, 5) is 16.2. The van der Waals surface area contributed by atoms with Gasteiger partial charge in [0.1, 0.15) is 11.3 Å². The SMILES string of the molecule is O=C(NN=Cc1cc(F)c2ncccc2c1)C1CC1c1ccccc1. The van der Waals surface area contributed by atoms with Crippen LogP contribution in [0.1, 0.15) is 23.5 Å². The minimum absolute atomic E-state index is 0.0444. The molecule has 1 fully saturated rings. The van der Waals surface area contributed by atoms with Crippen LogP contribution in [0.5, 0.6) is 0 Å². The van der Waals surface area contributed by atoms with Crippen molar-refractivity contribution in [2.24, 2.45) is 11.0 Å². The standard InChI is InChI=1S/C20H16FN3O/c21-18-10-13(9-15-7-4-8-22-19(15)18)12-23-24-20(25)17-11-16(17)14-5-2-1-3-6-14/h1-10,12,16-17H,11H2,(H,24,25). The maximum atomic E-state index is 14.0. The molecule has 0 aliphatic heterocycles. The highest BCUT2D eigenvalue weighted by molar-refractivity contribution is 5.90. The molecule has 1 amide bonds. The minimum Gasteiger partial charge on any atom is -0.273 e. The Bertz CT molecular complexity index is 956. The Morgan fingerprint density at radius 2 is 2.04 bits per heavy atom. The van der Waals surface area contributed by atoms with Crippen LogP contribution in [0, 0.1) is 11.7 Å². The number of pyridine rings is 1. The predicted octanol–water partition coefficient (Wildman–Crippen LogP) is 3.63. The van der Waals surface area contributed by atoms with Crippen molar-refractivity contribution in [1.29, 1.82) is 0 Å². The Balaban J connectivity index is 1.41. The fourth-order valence-electron chi connectivity index (χ4n) is 3.05. The lowest BCUT2D eigenvalue weighted by atomic mass is 10.1. The smallest absolute Gasteiger partial charge is 0.243 e. The van der Waals surface area contributed by atoms with Gasteiger partial charge in [-0.25, -0.2) is 9.82 Å². The fraction of sp³-hybridized carbons (Fsp3) is 0.150. The van der Waals surface area contributed by atoms with E-state index in [9.17, 15) is 9.18 Å². The number of carbonyl (C=O) groups excluding carboxylic acids is 1. The van der Waals surface area contributed by atoms with Crippen molar-refractivity contribution in [3.63, 3.8) is 0 Å². The van der Waals surface area contributed by atoms with Gasteiger partial charge in [0.25, 0.3) is 0 Å². The topological polar surface area (TPSA) is 54.4 Å². The molecule has 4 nitrogen and oxygen atoms in total. The van der Waals surface area contributed by atoms with Gasteiger partial charge in [-0.1, -0.05) is 36.4 Å². The second-order valence-electron chi connectivity index (χ2n) is 6.17. The zero-order valence-corrected chi connectivity index (χ0v) is 13.4. The van der Waals surface area contributed by atoms with Gasteiger partial charge in [-0.2, -0.15) is 5.10 Å². The molecule has 1 N–H and O–H groups in total. The van der Waals surface area contributed by atoms with Gasteiger partial charge in [0.05, 0.1) is 6.21 Å². The predicted molar refractivity (Wildman–Crippen MR) is 94.7 cm³/mol. The molecule has 0 saturated heterocycles. The number of hydrogen-bond acceptors (Lipinski definition) is 3. The molecule has 124 valence electrons. The second-order valence-corrected chi connectivity index (χ2v) is 6.17. The van der Waals surface area contributed by atoms with Gasteiger partial charge in [-0.05, 0) is 41.7 Å². The number of nitrogens with one attached hydrogen (secondary N) is 1. The van der Waals surface area contributed by atoms with E-state index >= 15 is 0 Å². The monoisotopic (exact) mass is 333 g/mol. The van der Waals surface area contributed by atoms with E-state index < -0.39 is 5.82 Å². The number of fused-ring (bicyclic) bond motifs is 1. The van der Waals surface area contributed by atoms with Crippen molar-refractivity contribution >= 4 is 23.0 Å². The van der Waals surface area contributed by atoms with E-state index in [0.717, 1.165) is 6.42 Å².